The molecule has 0 radical (unpaired) electrons. The number of nitrogens with zero attached hydrogens (tertiary/aromatic N) is 3. The summed E-state index contributed by atoms with van der Waals surface area (Å²) >= 11 is 0. The van der Waals surface area contributed by atoms with Gasteiger partial charge in [-0.1, -0.05) is 32.0 Å². The molecule has 1 aromatic carbocycles. The van der Waals surface area contributed by atoms with E-state index in [1.54, 1.807) is 21.9 Å². The van der Waals surface area contributed by atoms with Crippen molar-refractivity contribution in [3.63, 3.8) is 0 Å². The Labute approximate surface area is 188 Å². The van der Waals surface area contributed by atoms with E-state index in [2.05, 4.69) is 5.32 Å². The Morgan fingerprint density at radius 1 is 1.06 bits per heavy atom. The molecule has 3 aliphatic heterocycles. The largest absolute Gasteiger partial charge is 0.341 e. The number of amides is 5. The third-order valence-electron chi connectivity index (χ3n) is 6.82. The van der Waals surface area contributed by atoms with Gasteiger partial charge in [0.15, 0.2) is 0 Å². The summed E-state index contributed by atoms with van der Waals surface area (Å²) in [6.07, 6.45) is 2.75. The summed E-state index contributed by atoms with van der Waals surface area (Å²) in [4.78, 5) is 56.4. The molecular weight excluding hydrogens is 408 g/mol. The first kappa shape index (κ1) is 22.3. The van der Waals surface area contributed by atoms with Gasteiger partial charge < -0.3 is 15.1 Å². The van der Waals surface area contributed by atoms with Crippen LogP contribution in [-0.4, -0.2) is 76.2 Å². The minimum absolute atomic E-state index is 0.0549. The van der Waals surface area contributed by atoms with E-state index in [1.165, 1.54) is 4.90 Å². The van der Waals surface area contributed by atoms with Crippen LogP contribution >= 0.6 is 0 Å². The van der Waals surface area contributed by atoms with Gasteiger partial charge in [0.25, 0.3) is 11.8 Å². The molecule has 1 aromatic rings. The van der Waals surface area contributed by atoms with Crippen molar-refractivity contribution in [2.24, 2.45) is 5.92 Å². The summed E-state index contributed by atoms with van der Waals surface area (Å²) in [5.74, 6) is 0.0870. The van der Waals surface area contributed by atoms with Crippen LogP contribution in [0, 0.1) is 5.92 Å². The molecule has 32 heavy (non-hydrogen) atoms. The summed E-state index contributed by atoms with van der Waals surface area (Å²) in [6, 6.07) is 8.43. The van der Waals surface area contributed by atoms with Crippen molar-refractivity contribution in [1.82, 2.24) is 20.0 Å². The highest BCUT2D eigenvalue weighted by atomic mass is 16.2. The van der Waals surface area contributed by atoms with E-state index in [-0.39, 0.29) is 35.7 Å². The molecule has 1 spiro atoms. The van der Waals surface area contributed by atoms with Crippen LogP contribution < -0.4 is 5.32 Å². The predicted octanol–water partition coefficient (Wildman–Crippen LogP) is 2.25. The number of carbonyl (C=O) groups is 4. The molecule has 3 aliphatic rings. The highest BCUT2D eigenvalue weighted by molar-refractivity contribution is 6.07. The number of nitrogens with one attached hydrogen (secondary N) is 1. The van der Waals surface area contributed by atoms with E-state index in [4.69, 9.17) is 0 Å². The molecule has 172 valence electrons. The van der Waals surface area contributed by atoms with Crippen LogP contribution in [-0.2, 0) is 9.59 Å². The van der Waals surface area contributed by atoms with Crippen molar-refractivity contribution in [3.8, 4) is 0 Å². The van der Waals surface area contributed by atoms with Gasteiger partial charge in [0.2, 0.25) is 5.91 Å². The van der Waals surface area contributed by atoms with Gasteiger partial charge in [0.1, 0.15) is 5.54 Å². The Morgan fingerprint density at radius 3 is 2.41 bits per heavy atom. The van der Waals surface area contributed by atoms with Crippen LogP contribution in [0.25, 0.3) is 0 Å². The van der Waals surface area contributed by atoms with Crippen LogP contribution in [0.2, 0.25) is 0 Å². The molecule has 0 saturated carbocycles. The van der Waals surface area contributed by atoms with E-state index in [0.29, 0.717) is 57.4 Å². The quantitative estimate of drug-likeness (QED) is 0.727. The molecule has 0 aliphatic carbocycles. The fourth-order valence-corrected chi connectivity index (χ4v) is 5.04. The molecule has 0 unspecified atom stereocenters. The second-order valence-corrected chi connectivity index (χ2v) is 9.58. The zero-order valence-electron chi connectivity index (χ0n) is 18.9. The lowest BCUT2D eigenvalue weighted by molar-refractivity contribution is -0.139. The molecule has 8 nitrogen and oxygen atoms in total. The van der Waals surface area contributed by atoms with Crippen LogP contribution in [0.4, 0.5) is 4.79 Å². The first-order chi connectivity index (χ1) is 15.3. The maximum Gasteiger partial charge on any atom is 0.325 e. The first-order valence-corrected chi connectivity index (χ1v) is 11.6. The monoisotopic (exact) mass is 440 g/mol. The Kier molecular flexibility index (Phi) is 6.22. The molecule has 8 heteroatoms. The summed E-state index contributed by atoms with van der Waals surface area (Å²) in [6.45, 7) is 5.92. The van der Waals surface area contributed by atoms with Crippen molar-refractivity contribution in [2.75, 3.05) is 26.2 Å². The number of rotatable bonds is 4. The summed E-state index contributed by atoms with van der Waals surface area (Å²) in [5.41, 5.74) is -0.324. The third kappa shape index (κ3) is 4.23. The number of hydrogen-bond acceptors (Lipinski definition) is 4. The van der Waals surface area contributed by atoms with Gasteiger partial charge in [-0.05, 0) is 43.7 Å². The Hall–Kier alpha value is -2.90. The van der Waals surface area contributed by atoms with Crippen molar-refractivity contribution in [1.29, 1.82) is 0 Å². The zero-order valence-corrected chi connectivity index (χ0v) is 18.9. The maximum atomic E-state index is 13.4. The second kappa shape index (κ2) is 8.92. The molecular formula is C24H32N4O4. The van der Waals surface area contributed by atoms with Crippen molar-refractivity contribution in [2.45, 2.75) is 57.5 Å². The minimum Gasteiger partial charge on any atom is -0.341 e. The van der Waals surface area contributed by atoms with Gasteiger partial charge in [0, 0.05) is 38.2 Å². The van der Waals surface area contributed by atoms with E-state index in [1.807, 2.05) is 32.0 Å². The fraction of sp³-hybridized carbons (Fsp3) is 0.583. The number of hydrogen-bond donors (Lipinski definition) is 1. The van der Waals surface area contributed by atoms with Crippen LogP contribution in [0.5, 0.6) is 0 Å². The average Bonchev–Trinajstić information content (AvgIpc) is 3.03. The Morgan fingerprint density at radius 2 is 1.75 bits per heavy atom. The van der Waals surface area contributed by atoms with Crippen molar-refractivity contribution >= 4 is 23.8 Å². The number of piperidine rings is 2. The molecule has 5 amide bonds. The maximum absolute atomic E-state index is 13.4. The van der Waals surface area contributed by atoms with E-state index in [0.717, 1.165) is 6.42 Å². The van der Waals surface area contributed by atoms with Gasteiger partial charge in [0.05, 0.1) is 6.04 Å². The molecule has 4 rings (SSSR count). The van der Waals surface area contributed by atoms with Gasteiger partial charge >= 0.3 is 6.03 Å². The van der Waals surface area contributed by atoms with Crippen molar-refractivity contribution in [3.05, 3.63) is 35.9 Å². The second-order valence-electron chi connectivity index (χ2n) is 9.58. The van der Waals surface area contributed by atoms with Gasteiger partial charge in [-0.3, -0.25) is 19.3 Å². The zero-order chi connectivity index (χ0) is 22.9. The molecule has 3 fully saturated rings. The summed E-state index contributed by atoms with van der Waals surface area (Å²) < 4.78 is 0. The minimum atomic E-state index is -0.950. The highest BCUT2D eigenvalue weighted by Crippen LogP contribution is 2.33. The lowest BCUT2D eigenvalue weighted by Gasteiger charge is -2.39. The normalized spacial score (nSPS) is 23.1. The summed E-state index contributed by atoms with van der Waals surface area (Å²) in [5, 5.41) is 2.94. The molecule has 3 saturated heterocycles. The standard InChI is InChI=1S/C24H32N4O4/c1-17(2)15-20(29)27-12-6-9-19(16-27)28-22(31)24(25-23(28)32)10-13-26(14-11-24)21(30)18-7-4-3-5-8-18/h3-5,7-8,17,19H,6,9-16H2,1-2H3,(H,25,32)/t19-/m1/s1. The molecule has 0 aromatic heterocycles. The van der Waals surface area contributed by atoms with E-state index >= 15 is 0 Å². The SMILES string of the molecule is CC(C)CC(=O)N1CCC[C@@H](N2C(=O)NC3(CCN(C(=O)c4ccccc4)CC3)C2=O)C1. The molecule has 3 heterocycles. The van der Waals surface area contributed by atoms with Crippen LogP contribution in [0.15, 0.2) is 30.3 Å². The van der Waals surface area contributed by atoms with Gasteiger partial charge in [-0.15, -0.1) is 0 Å². The predicted molar refractivity (Wildman–Crippen MR) is 119 cm³/mol. The van der Waals surface area contributed by atoms with E-state index < -0.39 is 5.54 Å². The van der Waals surface area contributed by atoms with Crippen molar-refractivity contribution < 1.29 is 19.2 Å². The first-order valence-electron chi connectivity index (χ1n) is 11.6. The van der Waals surface area contributed by atoms with Crippen LogP contribution in [0.3, 0.4) is 0 Å². The smallest absolute Gasteiger partial charge is 0.325 e. The molecule has 0 bridgehead atoms. The number of benzene rings is 1. The lowest BCUT2D eigenvalue weighted by atomic mass is 9.86. The Bertz CT molecular complexity index is 893. The van der Waals surface area contributed by atoms with Gasteiger partial charge in [-0.25, -0.2) is 4.79 Å². The van der Waals surface area contributed by atoms with Crippen LogP contribution in [0.1, 0.15) is 56.3 Å². The van der Waals surface area contributed by atoms with Gasteiger partial charge in [-0.2, -0.15) is 0 Å². The summed E-state index contributed by atoms with van der Waals surface area (Å²) in [7, 11) is 0. The average molecular weight is 441 g/mol. The third-order valence-corrected chi connectivity index (χ3v) is 6.82. The highest BCUT2D eigenvalue weighted by Gasteiger charge is 2.54. The molecule has 1 N–H and O–H groups in total. The lowest BCUT2D eigenvalue weighted by Crippen LogP contribution is -2.57. The number of imide groups is 1. The topological polar surface area (TPSA) is 90.0 Å². The number of likely N-dealkylation sites (tertiary alicyclic amines) is 2. The van der Waals surface area contributed by atoms with E-state index in [9.17, 15) is 19.2 Å². The number of carbonyl (C=O) groups excluding carboxylic acids is 4. The Balaban J connectivity index is 1.41. The number of urea groups is 1. The fourth-order valence-electron chi connectivity index (χ4n) is 5.04. The molecule has 1 atom stereocenters.